The summed E-state index contributed by atoms with van der Waals surface area (Å²) in [4.78, 5) is 41.7. The minimum atomic E-state index is -0.701. The van der Waals surface area contributed by atoms with Gasteiger partial charge in [0.2, 0.25) is 0 Å². The van der Waals surface area contributed by atoms with Gasteiger partial charge in [0.15, 0.2) is 6.61 Å². The van der Waals surface area contributed by atoms with Crippen LogP contribution in [0.15, 0.2) is 24.3 Å². The van der Waals surface area contributed by atoms with Crippen molar-refractivity contribution in [2.45, 2.75) is 40.0 Å². The third-order valence-electron chi connectivity index (χ3n) is 5.87. The Balaban J connectivity index is 1.79. The molecule has 0 radical (unpaired) electrons. The number of hydrogen-bond acceptors (Lipinski definition) is 6. The lowest BCUT2D eigenvalue weighted by molar-refractivity contribution is -0.123. The molecule has 8 nitrogen and oxygen atoms in total. The quantitative estimate of drug-likeness (QED) is 0.527. The lowest BCUT2D eigenvalue weighted by Crippen LogP contribution is -2.42. The van der Waals surface area contributed by atoms with Crippen molar-refractivity contribution < 1.29 is 23.9 Å². The SMILES string of the molecule is COCCNC(=O)NC(=O)COC(=O)c1c2c(nc3ccccc13)CCC(C(C)(C)C)C2. The molecule has 0 bridgehead atoms. The third kappa shape index (κ3) is 5.62. The molecule has 0 spiro atoms. The van der Waals surface area contributed by atoms with Crippen molar-refractivity contribution in [2.24, 2.45) is 11.3 Å². The number of benzene rings is 1. The Morgan fingerprint density at radius 2 is 1.94 bits per heavy atom. The van der Waals surface area contributed by atoms with Crippen molar-refractivity contribution in [1.82, 2.24) is 15.6 Å². The van der Waals surface area contributed by atoms with Gasteiger partial charge in [-0.25, -0.2) is 9.59 Å². The number of fused-ring (bicyclic) bond motifs is 2. The number of methoxy groups -OCH3 is 1. The molecule has 2 N–H and O–H groups in total. The lowest BCUT2D eigenvalue weighted by Gasteiger charge is -2.35. The second kappa shape index (κ2) is 10.1. The van der Waals surface area contributed by atoms with Gasteiger partial charge in [0.25, 0.3) is 5.91 Å². The molecule has 1 aliphatic rings. The van der Waals surface area contributed by atoms with E-state index >= 15 is 0 Å². The lowest BCUT2D eigenvalue weighted by atomic mass is 9.70. The monoisotopic (exact) mass is 441 g/mol. The number of pyridine rings is 1. The van der Waals surface area contributed by atoms with Crippen LogP contribution in [0.1, 0.15) is 48.8 Å². The summed E-state index contributed by atoms with van der Waals surface area (Å²) in [6, 6.07) is 6.80. The van der Waals surface area contributed by atoms with E-state index in [0.717, 1.165) is 36.0 Å². The smallest absolute Gasteiger partial charge is 0.339 e. The zero-order valence-corrected chi connectivity index (χ0v) is 19.1. The summed E-state index contributed by atoms with van der Waals surface area (Å²) in [6.07, 6.45) is 2.54. The number of rotatable bonds is 6. The average Bonchev–Trinajstić information content (AvgIpc) is 2.75. The van der Waals surface area contributed by atoms with Crippen molar-refractivity contribution in [1.29, 1.82) is 0 Å². The summed E-state index contributed by atoms with van der Waals surface area (Å²) < 4.78 is 10.2. The molecule has 1 aromatic carbocycles. The van der Waals surface area contributed by atoms with Crippen LogP contribution >= 0.6 is 0 Å². The first-order valence-corrected chi connectivity index (χ1v) is 10.8. The van der Waals surface area contributed by atoms with E-state index in [1.807, 2.05) is 24.3 Å². The molecule has 1 aromatic heterocycles. The maximum atomic E-state index is 13.1. The number of nitrogens with zero attached hydrogens (tertiary/aromatic N) is 1. The number of carbonyl (C=O) groups excluding carboxylic acids is 3. The van der Waals surface area contributed by atoms with E-state index in [1.165, 1.54) is 7.11 Å². The molecule has 0 aliphatic heterocycles. The standard InChI is InChI=1S/C24H31N3O5/c1-24(2,3)15-9-10-19-17(13-15)21(16-7-5-6-8-18(16)26-19)22(29)32-14-20(28)27-23(30)25-11-12-31-4/h5-8,15H,9-14H2,1-4H3,(H2,25,27,28,30). The number of ether oxygens (including phenoxy) is 2. The number of aryl methyl sites for hydroxylation is 1. The number of amides is 3. The number of imide groups is 1. The highest BCUT2D eigenvalue weighted by Gasteiger charge is 2.33. The van der Waals surface area contributed by atoms with Gasteiger partial charge in [-0.2, -0.15) is 0 Å². The molecule has 2 aromatic rings. The van der Waals surface area contributed by atoms with Crippen LogP contribution in [0.2, 0.25) is 0 Å². The number of nitrogens with one attached hydrogen (secondary N) is 2. The van der Waals surface area contributed by atoms with Gasteiger partial charge in [-0.1, -0.05) is 39.0 Å². The van der Waals surface area contributed by atoms with E-state index in [9.17, 15) is 14.4 Å². The zero-order valence-electron chi connectivity index (χ0n) is 19.1. The summed E-state index contributed by atoms with van der Waals surface area (Å²) in [5, 5.41) is 5.32. The second-order valence-electron chi connectivity index (χ2n) is 9.11. The molecule has 172 valence electrons. The molecule has 8 heteroatoms. The van der Waals surface area contributed by atoms with Gasteiger partial charge < -0.3 is 14.8 Å². The van der Waals surface area contributed by atoms with Crippen LogP contribution in [-0.2, 0) is 27.1 Å². The Bertz CT molecular complexity index is 1010. The summed E-state index contributed by atoms with van der Waals surface area (Å²) in [5.74, 6) is -0.874. The molecule has 0 saturated carbocycles. The molecule has 1 heterocycles. The van der Waals surface area contributed by atoms with Crippen LogP contribution in [0.25, 0.3) is 10.9 Å². The highest BCUT2D eigenvalue weighted by atomic mass is 16.5. The first-order valence-electron chi connectivity index (χ1n) is 10.8. The van der Waals surface area contributed by atoms with Crippen molar-refractivity contribution in [2.75, 3.05) is 26.9 Å². The Morgan fingerprint density at radius 1 is 1.19 bits per heavy atom. The fourth-order valence-electron chi connectivity index (χ4n) is 4.04. The Labute approximate surface area is 188 Å². The van der Waals surface area contributed by atoms with Gasteiger partial charge in [-0.05, 0) is 42.2 Å². The fraction of sp³-hybridized carbons (Fsp3) is 0.500. The van der Waals surface area contributed by atoms with E-state index in [1.54, 1.807) is 0 Å². The Morgan fingerprint density at radius 3 is 2.66 bits per heavy atom. The highest BCUT2D eigenvalue weighted by molar-refractivity contribution is 6.06. The fourth-order valence-corrected chi connectivity index (χ4v) is 4.04. The Hall–Kier alpha value is -3.00. The molecule has 3 rings (SSSR count). The Kier molecular flexibility index (Phi) is 7.45. The first-order chi connectivity index (χ1) is 15.2. The molecular weight excluding hydrogens is 410 g/mol. The van der Waals surface area contributed by atoms with Crippen LogP contribution in [0.3, 0.4) is 0 Å². The maximum Gasteiger partial charge on any atom is 0.339 e. The topological polar surface area (TPSA) is 107 Å². The molecule has 1 aliphatic carbocycles. The van der Waals surface area contributed by atoms with Gasteiger partial charge in [0.1, 0.15) is 0 Å². The van der Waals surface area contributed by atoms with E-state index in [4.69, 9.17) is 14.5 Å². The van der Waals surface area contributed by atoms with Gasteiger partial charge in [-0.3, -0.25) is 15.1 Å². The van der Waals surface area contributed by atoms with Crippen LogP contribution in [-0.4, -0.2) is 49.8 Å². The number of esters is 1. The molecule has 3 amide bonds. The van der Waals surface area contributed by atoms with Crippen molar-refractivity contribution in [3.8, 4) is 0 Å². The van der Waals surface area contributed by atoms with Crippen LogP contribution in [0.4, 0.5) is 4.79 Å². The molecule has 1 unspecified atom stereocenters. The van der Waals surface area contributed by atoms with E-state index in [2.05, 4.69) is 31.4 Å². The van der Waals surface area contributed by atoms with Crippen molar-refractivity contribution in [3.05, 3.63) is 41.1 Å². The largest absolute Gasteiger partial charge is 0.452 e. The average molecular weight is 442 g/mol. The summed E-state index contributed by atoms with van der Waals surface area (Å²) in [5.41, 5.74) is 3.11. The number of aromatic nitrogens is 1. The second-order valence-corrected chi connectivity index (χ2v) is 9.11. The van der Waals surface area contributed by atoms with E-state index in [-0.39, 0.29) is 12.0 Å². The summed E-state index contributed by atoms with van der Waals surface area (Å²) >= 11 is 0. The molecular formula is C24H31N3O5. The number of hydrogen-bond donors (Lipinski definition) is 2. The minimum Gasteiger partial charge on any atom is -0.452 e. The molecule has 32 heavy (non-hydrogen) atoms. The third-order valence-corrected chi connectivity index (χ3v) is 5.87. The van der Waals surface area contributed by atoms with Crippen molar-refractivity contribution in [3.63, 3.8) is 0 Å². The number of carbonyl (C=O) groups is 3. The molecule has 0 saturated heterocycles. The van der Waals surface area contributed by atoms with Gasteiger partial charge in [-0.15, -0.1) is 0 Å². The predicted molar refractivity (Wildman–Crippen MR) is 120 cm³/mol. The van der Waals surface area contributed by atoms with Crippen LogP contribution < -0.4 is 10.6 Å². The minimum absolute atomic E-state index is 0.0978. The zero-order chi connectivity index (χ0) is 23.3. The first kappa shape index (κ1) is 23.7. The normalized spacial score (nSPS) is 15.7. The summed E-state index contributed by atoms with van der Waals surface area (Å²) in [6.45, 7) is 6.65. The van der Waals surface area contributed by atoms with E-state index < -0.39 is 24.5 Å². The number of para-hydroxylation sites is 1. The predicted octanol–water partition coefficient (Wildman–Crippen LogP) is 3.01. The summed E-state index contributed by atoms with van der Waals surface area (Å²) in [7, 11) is 1.51. The molecule has 0 fully saturated rings. The highest BCUT2D eigenvalue weighted by Crippen LogP contribution is 2.39. The maximum absolute atomic E-state index is 13.1. The molecule has 1 atom stereocenters. The van der Waals surface area contributed by atoms with Crippen LogP contribution in [0.5, 0.6) is 0 Å². The van der Waals surface area contributed by atoms with Crippen LogP contribution in [0, 0.1) is 11.3 Å². The number of urea groups is 1. The van der Waals surface area contributed by atoms with E-state index in [0.29, 0.717) is 23.5 Å². The van der Waals surface area contributed by atoms with Gasteiger partial charge in [0, 0.05) is 24.7 Å². The van der Waals surface area contributed by atoms with Gasteiger partial charge in [0.05, 0.1) is 17.7 Å². The van der Waals surface area contributed by atoms with Gasteiger partial charge >= 0.3 is 12.0 Å². The van der Waals surface area contributed by atoms with Crippen molar-refractivity contribution >= 4 is 28.8 Å².